The molecule has 1 aromatic carbocycles. The number of fused-ring (bicyclic) bond motifs is 1. The van der Waals surface area contributed by atoms with Crippen LogP contribution >= 0.6 is 24.0 Å². The summed E-state index contributed by atoms with van der Waals surface area (Å²) < 4.78 is 43.0. The van der Waals surface area contributed by atoms with Gasteiger partial charge in [-0.3, -0.25) is 0 Å². The minimum absolute atomic E-state index is 0. The highest BCUT2D eigenvalue weighted by molar-refractivity contribution is 14.0. The molecule has 1 aromatic heterocycles. The normalized spacial score (nSPS) is 15.7. The van der Waals surface area contributed by atoms with Gasteiger partial charge in [0, 0.05) is 24.7 Å². The number of aliphatic imine (C=N–C) groups is 1. The minimum Gasteiger partial charge on any atom is -0.454 e. The van der Waals surface area contributed by atoms with Gasteiger partial charge in [-0.2, -0.15) is 8.78 Å². The lowest BCUT2D eigenvalue weighted by Crippen LogP contribution is -2.42. The Morgan fingerprint density at radius 1 is 1.25 bits per heavy atom. The van der Waals surface area contributed by atoms with Gasteiger partial charge in [0.1, 0.15) is 11.6 Å². The van der Waals surface area contributed by atoms with Gasteiger partial charge in [-0.15, -0.1) is 34.2 Å². The summed E-state index contributed by atoms with van der Waals surface area (Å²) in [5, 5.41) is 14.9. The van der Waals surface area contributed by atoms with E-state index in [-0.39, 0.29) is 43.1 Å². The van der Waals surface area contributed by atoms with E-state index < -0.39 is 6.61 Å². The average molecular weight is 564 g/mol. The lowest BCUT2D eigenvalue weighted by molar-refractivity contribution is -0.0505. The van der Waals surface area contributed by atoms with Crippen molar-refractivity contribution in [3.8, 4) is 17.2 Å². The van der Waals surface area contributed by atoms with Gasteiger partial charge < -0.3 is 29.4 Å². The van der Waals surface area contributed by atoms with Gasteiger partial charge >= 0.3 is 6.61 Å². The van der Waals surface area contributed by atoms with Crippen molar-refractivity contribution in [2.45, 2.75) is 58.3 Å². The predicted molar refractivity (Wildman–Crippen MR) is 124 cm³/mol. The van der Waals surface area contributed by atoms with Crippen LogP contribution in [-0.2, 0) is 20.1 Å². The van der Waals surface area contributed by atoms with E-state index in [0.29, 0.717) is 35.6 Å². The zero-order valence-corrected chi connectivity index (χ0v) is 20.3. The van der Waals surface area contributed by atoms with Gasteiger partial charge in [0.2, 0.25) is 6.79 Å². The number of ether oxygens (including phenoxy) is 3. The molecule has 0 spiro atoms. The molecule has 32 heavy (non-hydrogen) atoms. The van der Waals surface area contributed by atoms with Crippen LogP contribution < -0.4 is 24.8 Å². The summed E-state index contributed by atoms with van der Waals surface area (Å²) in [6, 6.07) is 3.36. The van der Waals surface area contributed by atoms with Crippen molar-refractivity contribution in [1.29, 1.82) is 0 Å². The standard InChI is InChI=1S/C20H26F2N6O3.HI/c1-12-26-27-18(28(12)2)10-24-20(25-14-5-3-4-6-14)23-9-13-7-16-17(30-11-29-16)8-15(13)31-19(21)22;/h7-8,14,19H,3-6,9-11H2,1-2H3,(H2,23,24,25);1H. The molecular weight excluding hydrogens is 537 g/mol. The summed E-state index contributed by atoms with van der Waals surface area (Å²) >= 11 is 0. The van der Waals surface area contributed by atoms with E-state index in [1.165, 1.54) is 18.9 Å². The Balaban J connectivity index is 0.00000289. The van der Waals surface area contributed by atoms with Crippen molar-refractivity contribution < 1.29 is 23.0 Å². The third-order valence-electron chi connectivity index (χ3n) is 5.47. The minimum atomic E-state index is -2.95. The van der Waals surface area contributed by atoms with Crippen LogP contribution in [0.25, 0.3) is 0 Å². The number of hydrogen-bond acceptors (Lipinski definition) is 6. The van der Waals surface area contributed by atoms with E-state index in [1.54, 1.807) is 6.07 Å². The molecule has 12 heteroatoms. The Labute approximate surface area is 201 Å². The molecule has 0 amide bonds. The number of nitrogens with one attached hydrogen (secondary N) is 2. The number of halogens is 3. The van der Waals surface area contributed by atoms with Crippen molar-refractivity contribution in [1.82, 2.24) is 25.4 Å². The fraction of sp³-hybridized carbons (Fsp3) is 0.550. The first kappa shape index (κ1) is 24.3. The smallest absolute Gasteiger partial charge is 0.387 e. The van der Waals surface area contributed by atoms with Crippen molar-refractivity contribution in [2.24, 2.45) is 12.0 Å². The van der Waals surface area contributed by atoms with Crippen LogP contribution in [0.4, 0.5) is 8.78 Å². The Morgan fingerprint density at radius 2 is 1.97 bits per heavy atom. The highest BCUT2D eigenvalue weighted by Gasteiger charge is 2.21. The van der Waals surface area contributed by atoms with Crippen LogP contribution in [0.5, 0.6) is 17.2 Å². The topological polar surface area (TPSA) is 94.8 Å². The summed E-state index contributed by atoms with van der Waals surface area (Å²) in [5.41, 5.74) is 0.478. The van der Waals surface area contributed by atoms with E-state index in [1.807, 2.05) is 18.5 Å². The number of alkyl halides is 2. The van der Waals surface area contributed by atoms with E-state index in [4.69, 9.17) is 9.47 Å². The number of aryl methyl sites for hydroxylation is 1. The number of nitrogens with zero attached hydrogens (tertiary/aromatic N) is 4. The second-order valence-electron chi connectivity index (χ2n) is 7.56. The van der Waals surface area contributed by atoms with Gasteiger partial charge in [0.15, 0.2) is 23.3 Å². The Hall–Kier alpha value is -2.38. The van der Waals surface area contributed by atoms with Crippen LogP contribution in [0.3, 0.4) is 0 Å². The Bertz CT molecular complexity index is 950. The van der Waals surface area contributed by atoms with Crippen LogP contribution in [0.2, 0.25) is 0 Å². The summed E-state index contributed by atoms with van der Waals surface area (Å²) in [6.07, 6.45) is 4.46. The largest absolute Gasteiger partial charge is 0.454 e. The van der Waals surface area contributed by atoms with Crippen LogP contribution in [-0.4, -0.2) is 40.2 Å². The molecule has 2 heterocycles. The molecule has 2 aliphatic rings. The zero-order chi connectivity index (χ0) is 21.8. The average Bonchev–Trinajstić information content (AvgIpc) is 3.47. The molecule has 2 N–H and O–H groups in total. The van der Waals surface area contributed by atoms with E-state index in [9.17, 15) is 8.78 Å². The van der Waals surface area contributed by atoms with Crippen molar-refractivity contribution in [2.75, 3.05) is 6.79 Å². The van der Waals surface area contributed by atoms with Crippen molar-refractivity contribution in [3.63, 3.8) is 0 Å². The van der Waals surface area contributed by atoms with Gasteiger partial charge in [-0.25, -0.2) is 4.99 Å². The summed E-state index contributed by atoms with van der Waals surface area (Å²) in [7, 11) is 1.90. The van der Waals surface area contributed by atoms with Crippen molar-refractivity contribution in [3.05, 3.63) is 29.3 Å². The van der Waals surface area contributed by atoms with Crippen LogP contribution in [0.15, 0.2) is 17.1 Å². The fourth-order valence-corrected chi connectivity index (χ4v) is 3.64. The number of aromatic nitrogens is 3. The highest BCUT2D eigenvalue weighted by atomic mass is 127. The second-order valence-corrected chi connectivity index (χ2v) is 7.56. The number of benzene rings is 1. The molecule has 0 bridgehead atoms. The van der Waals surface area contributed by atoms with Crippen molar-refractivity contribution >= 4 is 29.9 Å². The molecule has 1 saturated carbocycles. The molecule has 1 aliphatic carbocycles. The SMILES string of the molecule is Cc1nnc(CNC(=NCc2cc3c(cc2OC(F)F)OCO3)NC2CCCC2)n1C.I. The van der Waals surface area contributed by atoms with E-state index in [2.05, 4.69) is 30.6 Å². The molecule has 0 radical (unpaired) electrons. The maximum Gasteiger partial charge on any atom is 0.387 e. The monoisotopic (exact) mass is 564 g/mol. The molecule has 1 aliphatic heterocycles. The third kappa shape index (κ3) is 5.90. The maximum atomic E-state index is 12.9. The first-order valence-corrected chi connectivity index (χ1v) is 10.3. The van der Waals surface area contributed by atoms with Gasteiger partial charge in [0.25, 0.3) is 0 Å². The van der Waals surface area contributed by atoms with Crippen LogP contribution in [0.1, 0.15) is 42.9 Å². The number of hydrogen-bond donors (Lipinski definition) is 2. The zero-order valence-electron chi connectivity index (χ0n) is 17.9. The van der Waals surface area contributed by atoms with E-state index >= 15 is 0 Å². The summed E-state index contributed by atoms with van der Waals surface area (Å²) in [5.74, 6) is 3.04. The van der Waals surface area contributed by atoms with E-state index in [0.717, 1.165) is 24.5 Å². The fourth-order valence-electron chi connectivity index (χ4n) is 3.64. The molecular formula is C20H27F2IN6O3. The van der Waals surface area contributed by atoms with Crippen LogP contribution in [0, 0.1) is 6.92 Å². The molecule has 176 valence electrons. The second kappa shape index (κ2) is 11.0. The highest BCUT2D eigenvalue weighted by Crippen LogP contribution is 2.39. The molecule has 2 aromatic rings. The summed E-state index contributed by atoms with van der Waals surface area (Å²) in [4.78, 5) is 4.62. The predicted octanol–water partition coefficient (Wildman–Crippen LogP) is 3.25. The molecule has 0 unspecified atom stereocenters. The number of guanidine groups is 1. The maximum absolute atomic E-state index is 12.9. The summed E-state index contributed by atoms with van der Waals surface area (Å²) in [6.45, 7) is -0.470. The van der Waals surface area contributed by atoms with Gasteiger partial charge in [0.05, 0.1) is 13.1 Å². The first-order valence-electron chi connectivity index (χ1n) is 10.3. The molecule has 1 fully saturated rings. The molecule has 0 saturated heterocycles. The Morgan fingerprint density at radius 3 is 2.62 bits per heavy atom. The van der Waals surface area contributed by atoms with Gasteiger partial charge in [-0.05, 0) is 25.8 Å². The first-order chi connectivity index (χ1) is 15.0. The lowest BCUT2D eigenvalue weighted by Gasteiger charge is -2.18. The quantitative estimate of drug-likeness (QED) is 0.303. The Kier molecular flexibility index (Phi) is 8.32. The lowest BCUT2D eigenvalue weighted by atomic mass is 10.1. The van der Waals surface area contributed by atoms with Gasteiger partial charge in [-0.1, -0.05) is 12.8 Å². The molecule has 9 nitrogen and oxygen atoms in total. The number of rotatable bonds is 7. The molecule has 0 atom stereocenters. The molecule has 4 rings (SSSR count). The third-order valence-corrected chi connectivity index (χ3v) is 5.47.